The van der Waals surface area contributed by atoms with Gasteiger partial charge in [0.15, 0.2) is 6.61 Å². The maximum absolute atomic E-state index is 11.7. The number of carbonyl (C=O) groups excluding carboxylic acids is 1. The first-order chi connectivity index (χ1) is 8.29. The average molecular weight is 234 g/mol. The zero-order chi connectivity index (χ0) is 12.1. The van der Waals surface area contributed by atoms with Crippen LogP contribution in [0.1, 0.15) is 18.4 Å². The lowest BCUT2D eigenvalue weighted by Crippen LogP contribution is -2.32. The molecule has 1 aliphatic rings. The van der Waals surface area contributed by atoms with Crippen LogP contribution in [0.5, 0.6) is 5.75 Å². The second-order valence-electron chi connectivity index (χ2n) is 4.22. The van der Waals surface area contributed by atoms with Gasteiger partial charge in [0.05, 0.1) is 0 Å². The van der Waals surface area contributed by atoms with E-state index < -0.39 is 0 Å². The van der Waals surface area contributed by atoms with Crippen LogP contribution in [-0.2, 0) is 11.3 Å². The summed E-state index contributed by atoms with van der Waals surface area (Å²) in [6, 6.07) is 7.52. The van der Waals surface area contributed by atoms with Gasteiger partial charge < -0.3 is 15.4 Å². The van der Waals surface area contributed by atoms with Crippen LogP contribution in [0, 0.1) is 0 Å². The molecule has 0 atom stereocenters. The summed E-state index contributed by atoms with van der Waals surface area (Å²) < 4.78 is 5.45. The Bertz CT molecular complexity index is 370. The van der Waals surface area contributed by atoms with Crippen molar-refractivity contribution in [2.24, 2.45) is 5.73 Å². The first-order valence-electron chi connectivity index (χ1n) is 5.99. The maximum atomic E-state index is 11.7. The number of nitrogens with two attached hydrogens (primary N) is 1. The van der Waals surface area contributed by atoms with Gasteiger partial charge in [-0.05, 0) is 30.5 Å². The van der Waals surface area contributed by atoms with Gasteiger partial charge in [-0.3, -0.25) is 4.79 Å². The van der Waals surface area contributed by atoms with Crippen LogP contribution < -0.4 is 10.5 Å². The molecule has 0 bridgehead atoms. The quantitative estimate of drug-likeness (QED) is 0.850. The van der Waals surface area contributed by atoms with E-state index in [-0.39, 0.29) is 12.5 Å². The smallest absolute Gasteiger partial charge is 0.260 e. The van der Waals surface area contributed by atoms with Gasteiger partial charge in [-0.1, -0.05) is 12.1 Å². The second kappa shape index (κ2) is 5.68. The van der Waals surface area contributed by atoms with Gasteiger partial charge >= 0.3 is 0 Å². The molecule has 0 spiro atoms. The highest BCUT2D eigenvalue weighted by atomic mass is 16.5. The van der Waals surface area contributed by atoms with Crippen LogP contribution in [0.4, 0.5) is 0 Å². The molecule has 2 rings (SSSR count). The summed E-state index contributed by atoms with van der Waals surface area (Å²) in [6.45, 7) is 2.39. The lowest BCUT2D eigenvalue weighted by molar-refractivity contribution is -0.132. The van der Waals surface area contributed by atoms with E-state index in [0.29, 0.717) is 6.54 Å². The third kappa shape index (κ3) is 3.20. The Kier molecular flexibility index (Phi) is 3.98. The molecule has 17 heavy (non-hydrogen) atoms. The summed E-state index contributed by atoms with van der Waals surface area (Å²) in [7, 11) is 0. The predicted octanol–water partition coefficient (Wildman–Crippen LogP) is 1.15. The van der Waals surface area contributed by atoms with Gasteiger partial charge in [-0.2, -0.15) is 0 Å². The Balaban J connectivity index is 1.82. The van der Waals surface area contributed by atoms with Crippen LogP contribution in [0.2, 0.25) is 0 Å². The lowest BCUT2D eigenvalue weighted by atomic mass is 10.2. The fourth-order valence-electron chi connectivity index (χ4n) is 1.92. The fourth-order valence-corrected chi connectivity index (χ4v) is 1.92. The van der Waals surface area contributed by atoms with Crippen LogP contribution in [0.15, 0.2) is 24.3 Å². The number of hydrogen-bond acceptors (Lipinski definition) is 3. The van der Waals surface area contributed by atoms with E-state index in [4.69, 9.17) is 10.5 Å². The summed E-state index contributed by atoms with van der Waals surface area (Å²) in [4.78, 5) is 13.6. The molecule has 1 saturated heterocycles. The lowest BCUT2D eigenvalue weighted by Gasteiger charge is -2.15. The van der Waals surface area contributed by atoms with Crippen molar-refractivity contribution in [1.29, 1.82) is 0 Å². The van der Waals surface area contributed by atoms with Crippen molar-refractivity contribution in [2.75, 3.05) is 19.7 Å². The molecule has 1 heterocycles. The molecule has 1 aromatic rings. The number of hydrogen-bond donors (Lipinski definition) is 1. The summed E-state index contributed by atoms with van der Waals surface area (Å²) in [5, 5.41) is 0. The van der Waals surface area contributed by atoms with Crippen molar-refractivity contribution in [1.82, 2.24) is 4.90 Å². The van der Waals surface area contributed by atoms with E-state index in [9.17, 15) is 4.79 Å². The zero-order valence-electron chi connectivity index (χ0n) is 9.89. The third-order valence-electron chi connectivity index (χ3n) is 2.98. The van der Waals surface area contributed by atoms with Gasteiger partial charge in [0, 0.05) is 19.6 Å². The second-order valence-corrected chi connectivity index (χ2v) is 4.22. The molecule has 1 fully saturated rings. The van der Waals surface area contributed by atoms with Crippen molar-refractivity contribution >= 4 is 5.91 Å². The monoisotopic (exact) mass is 234 g/mol. The van der Waals surface area contributed by atoms with Crippen LogP contribution in [-0.4, -0.2) is 30.5 Å². The molecule has 0 aliphatic carbocycles. The molecule has 4 nitrogen and oxygen atoms in total. The highest BCUT2D eigenvalue weighted by Crippen LogP contribution is 2.13. The number of nitrogens with zero attached hydrogens (tertiary/aromatic N) is 1. The SMILES string of the molecule is NCc1ccc(OCC(=O)N2CCCC2)cc1. The highest BCUT2D eigenvalue weighted by molar-refractivity contribution is 5.78. The molecule has 1 aliphatic heterocycles. The van der Waals surface area contributed by atoms with Gasteiger partial charge in [0.1, 0.15) is 5.75 Å². The number of ether oxygens (including phenoxy) is 1. The number of likely N-dealkylation sites (tertiary alicyclic amines) is 1. The van der Waals surface area contributed by atoms with Crippen molar-refractivity contribution in [3.05, 3.63) is 29.8 Å². The van der Waals surface area contributed by atoms with Gasteiger partial charge in [-0.15, -0.1) is 0 Å². The molecule has 4 heteroatoms. The van der Waals surface area contributed by atoms with E-state index in [1.54, 1.807) is 0 Å². The first kappa shape index (κ1) is 11.9. The molecular weight excluding hydrogens is 216 g/mol. The first-order valence-corrected chi connectivity index (χ1v) is 5.99. The number of carbonyl (C=O) groups is 1. The summed E-state index contributed by atoms with van der Waals surface area (Å²) in [5.41, 5.74) is 6.56. The Morgan fingerprint density at radius 2 is 1.88 bits per heavy atom. The molecular formula is C13H18N2O2. The van der Waals surface area contributed by atoms with Gasteiger partial charge in [-0.25, -0.2) is 0 Å². The molecule has 1 aromatic carbocycles. The third-order valence-corrected chi connectivity index (χ3v) is 2.98. The predicted molar refractivity (Wildman–Crippen MR) is 65.6 cm³/mol. The van der Waals surface area contributed by atoms with E-state index in [1.807, 2.05) is 29.2 Å². The Morgan fingerprint density at radius 3 is 2.47 bits per heavy atom. The topological polar surface area (TPSA) is 55.6 Å². The Hall–Kier alpha value is -1.55. The molecule has 0 aromatic heterocycles. The number of benzene rings is 1. The summed E-state index contributed by atoms with van der Waals surface area (Å²) >= 11 is 0. The van der Waals surface area contributed by atoms with Crippen LogP contribution >= 0.6 is 0 Å². The fraction of sp³-hybridized carbons (Fsp3) is 0.462. The van der Waals surface area contributed by atoms with Crippen LogP contribution in [0.25, 0.3) is 0 Å². The van der Waals surface area contributed by atoms with Crippen molar-refractivity contribution in [3.8, 4) is 5.75 Å². The number of amides is 1. The van der Waals surface area contributed by atoms with Gasteiger partial charge in [0.25, 0.3) is 5.91 Å². The van der Waals surface area contributed by atoms with E-state index >= 15 is 0 Å². The number of rotatable bonds is 4. The van der Waals surface area contributed by atoms with Crippen molar-refractivity contribution in [2.45, 2.75) is 19.4 Å². The minimum absolute atomic E-state index is 0.0744. The van der Waals surface area contributed by atoms with Crippen LogP contribution in [0.3, 0.4) is 0 Å². The molecule has 0 saturated carbocycles. The standard InChI is InChI=1S/C13H18N2O2/c14-9-11-3-5-12(6-4-11)17-10-13(16)15-7-1-2-8-15/h3-6H,1-2,7-10,14H2. The molecule has 2 N–H and O–H groups in total. The minimum Gasteiger partial charge on any atom is -0.484 e. The summed E-state index contributed by atoms with van der Waals surface area (Å²) in [5.74, 6) is 0.792. The summed E-state index contributed by atoms with van der Waals surface area (Å²) in [6.07, 6.45) is 2.22. The van der Waals surface area contributed by atoms with E-state index in [2.05, 4.69) is 0 Å². The largest absolute Gasteiger partial charge is 0.484 e. The Labute approximate surface area is 101 Å². The normalized spacial score (nSPS) is 15.0. The van der Waals surface area contributed by atoms with E-state index in [1.165, 1.54) is 0 Å². The average Bonchev–Trinajstić information content (AvgIpc) is 2.90. The Morgan fingerprint density at radius 1 is 1.24 bits per heavy atom. The van der Waals surface area contributed by atoms with Crippen molar-refractivity contribution in [3.63, 3.8) is 0 Å². The van der Waals surface area contributed by atoms with Crippen molar-refractivity contribution < 1.29 is 9.53 Å². The molecule has 0 radical (unpaired) electrons. The molecule has 1 amide bonds. The van der Waals surface area contributed by atoms with Gasteiger partial charge in [0.2, 0.25) is 0 Å². The minimum atomic E-state index is 0.0744. The van der Waals surface area contributed by atoms with E-state index in [0.717, 1.165) is 37.2 Å². The maximum Gasteiger partial charge on any atom is 0.260 e. The molecule has 92 valence electrons. The molecule has 0 unspecified atom stereocenters. The highest BCUT2D eigenvalue weighted by Gasteiger charge is 2.17. The zero-order valence-corrected chi connectivity index (χ0v) is 9.89.